The number of ether oxygens (including phenoxy) is 2. The van der Waals surface area contributed by atoms with Crippen LogP contribution in [0.4, 0.5) is 0 Å². The molecule has 0 bridgehead atoms. The van der Waals surface area contributed by atoms with Gasteiger partial charge in [-0.15, -0.1) is 0 Å². The van der Waals surface area contributed by atoms with Gasteiger partial charge in [0.15, 0.2) is 0 Å². The average Bonchev–Trinajstić information content (AvgIpc) is 3.10. The van der Waals surface area contributed by atoms with Crippen molar-refractivity contribution in [2.75, 3.05) is 13.7 Å². The number of nitrogens with zero attached hydrogens (tertiary/aromatic N) is 1. The molecule has 4 rings (SSSR count). The summed E-state index contributed by atoms with van der Waals surface area (Å²) < 4.78 is 10.8. The minimum atomic E-state index is -0.737. The number of likely N-dealkylation sites (tertiary alicyclic amines) is 1. The van der Waals surface area contributed by atoms with E-state index >= 15 is 0 Å². The number of aliphatic hydroxyl groups excluding tert-OH is 1. The van der Waals surface area contributed by atoms with Gasteiger partial charge in [-0.3, -0.25) is 9.59 Å². The molecule has 1 unspecified atom stereocenters. The molecule has 0 aliphatic carbocycles. The van der Waals surface area contributed by atoms with Crippen LogP contribution in [0, 0.1) is 6.92 Å². The third-order valence-corrected chi connectivity index (χ3v) is 5.88. The van der Waals surface area contributed by atoms with Gasteiger partial charge in [-0.1, -0.05) is 54.1 Å². The lowest BCUT2D eigenvalue weighted by Gasteiger charge is -2.25. The summed E-state index contributed by atoms with van der Waals surface area (Å²) in [5, 5.41) is 11.1. The molecule has 0 saturated carbocycles. The third-order valence-electron chi connectivity index (χ3n) is 5.88. The summed E-state index contributed by atoms with van der Waals surface area (Å²) in [4.78, 5) is 27.8. The van der Waals surface area contributed by atoms with Crippen molar-refractivity contribution in [3.8, 4) is 11.5 Å². The molecule has 1 aliphatic rings. The van der Waals surface area contributed by atoms with E-state index < -0.39 is 17.7 Å². The first kappa shape index (κ1) is 23.1. The predicted octanol–water partition coefficient (Wildman–Crippen LogP) is 5.02. The van der Waals surface area contributed by atoms with Crippen molar-refractivity contribution in [2.24, 2.45) is 0 Å². The van der Waals surface area contributed by atoms with E-state index in [9.17, 15) is 14.7 Å². The first-order chi connectivity index (χ1) is 16.4. The van der Waals surface area contributed by atoms with Gasteiger partial charge in [-0.2, -0.15) is 0 Å². The highest BCUT2D eigenvalue weighted by Gasteiger charge is 2.46. The van der Waals surface area contributed by atoms with Gasteiger partial charge in [-0.05, 0) is 49.2 Å². The van der Waals surface area contributed by atoms with Gasteiger partial charge in [0.25, 0.3) is 11.7 Å². The van der Waals surface area contributed by atoms with Gasteiger partial charge >= 0.3 is 0 Å². The minimum absolute atomic E-state index is 0.0740. The van der Waals surface area contributed by atoms with Crippen LogP contribution < -0.4 is 9.47 Å². The number of aryl methyl sites for hydroxylation is 1. The number of aliphatic hydroxyl groups is 1. The molecule has 1 N–H and O–H groups in total. The first-order valence-electron chi connectivity index (χ1n) is 11.1. The van der Waals surface area contributed by atoms with E-state index in [2.05, 4.69) is 0 Å². The Morgan fingerprint density at radius 3 is 2.12 bits per heavy atom. The number of ketones is 1. The van der Waals surface area contributed by atoms with Gasteiger partial charge in [0.2, 0.25) is 0 Å². The maximum atomic E-state index is 13.2. The Kier molecular flexibility index (Phi) is 6.68. The molecule has 1 fully saturated rings. The molecule has 174 valence electrons. The third kappa shape index (κ3) is 4.53. The molecule has 1 aliphatic heterocycles. The fourth-order valence-corrected chi connectivity index (χ4v) is 4.10. The van der Waals surface area contributed by atoms with Crippen LogP contribution in [-0.4, -0.2) is 35.4 Å². The minimum Gasteiger partial charge on any atom is -0.507 e. The van der Waals surface area contributed by atoms with E-state index in [1.165, 1.54) is 4.90 Å². The van der Waals surface area contributed by atoms with Crippen molar-refractivity contribution in [3.05, 3.63) is 101 Å². The zero-order valence-corrected chi connectivity index (χ0v) is 19.4. The summed E-state index contributed by atoms with van der Waals surface area (Å²) in [5.74, 6) is -0.147. The van der Waals surface area contributed by atoms with Gasteiger partial charge in [-0.25, -0.2) is 0 Å². The fourth-order valence-electron chi connectivity index (χ4n) is 4.10. The van der Waals surface area contributed by atoms with Crippen LogP contribution in [0.1, 0.15) is 35.2 Å². The first-order valence-corrected chi connectivity index (χ1v) is 11.1. The SMILES string of the molecule is CCOc1ccc(CN2C(=O)C(=O)/C(=C(\O)c3ccc(C)cc3)C2c2ccc(OC)cc2)cc1. The average molecular weight is 458 g/mol. The predicted molar refractivity (Wildman–Crippen MR) is 130 cm³/mol. The molecular weight excluding hydrogens is 430 g/mol. The second-order valence-corrected chi connectivity index (χ2v) is 8.14. The highest BCUT2D eigenvalue weighted by atomic mass is 16.5. The van der Waals surface area contributed by atoms with Crippen molar-refractivity contribution in [1.82, 2.24) is 4.90 Å². The molecular formula is C28H27NO5. The fraction of sp³-hybridized carbons (Fsp3) is 0.214. The summed E-state index contributed by atoms with van der Waals surface area (Å²) in [6, 6.07) is 21.0. The lowest BCUT2D eigenvalue weighted by molar-refractivity contribution is -0.140. The quantitative estimate of drug-likeness (QED) is 0.306. The summed E-state index contributed by atoms with van der Waals surface area (Å²) in [6.45, 7) is 4.62. The van der Waals surface area contributed by atoms with Crippen molar-refractivity contribution >= 4 is 17.4 Å². The van der Waals surface area contributed by atoms with E-state index in [4.69, 9.17) is 9.47 Å². The number of methoxy groups -OCH3 is 1. The van der Waals surface area contributed by atoms with Crippen molar-refractivity contribution in [1.29, 1.82) is 0 Å². The molecule has 0 aromatic heterocycles. The monoisotopic (exact) mass is 457 g/mol. The van der Waals surface area contributed by atoms with Crippen LogP contribution in [0.15, 0.2) is 78.4 Å². The van der Waals surface area contributed by atoms with Gasteiger partial charge in [0.05, 0.1) is 25.3 Å². The Balaban J connectivity index is 1.78. The lowest BCUT2D eigenvalue weighted by atomic mass is 9.95. The van der Waals surface area contributed by atoms with E-state index in [0.717, 1.165) is 16.9 Å². The number of benzene rings is 3. The second kappa shape index (κ2) is 9.83. The molecule has 1 heterocycles. The molecule has 34 heavy (non-hydrogen) atoms. The van der Waals surface area contributed by atoms with Crippen LogP contribution in [0.5, 0.6) is 11.5 Å². The molecule has 3 aromatic rings. The number of rotatable bonds is 7. The molecule has 0 spiro atoms. The normalized spacial score (nSPS) is 17.1. The van der Waals surface area contributed by atoms with E-state index in [-0.39, 0.29) is 17.9 Å². The number of amides is 1. The van der Waals surface area contributed by atoms with Gasteiger partial charge in [0.1, 0.15) is 17.3 Å². The van der Waals surface area contributed by atoms with Crippen LogP contribution >= 0.6 is 0 Å². The van der Waals surface area contributed by atoms with Crippen LogP contribution in [-0.2, 0) is 16.1 Å². The van der Waals surface area contributed by atoms with E-state index in [1.54, 1.807) is 31.4 Å². The molecule has 6 heteroatoms. The Hall–Kier alpha value is -4.06. The topological polar surface area (TPSA) is 76.1 Å². The maximum absolute atomic E-state index is 13.2. The van der Waals surface area contributed by atoms with Gasteiger partial charge < -0.3 is 19.5 Å². The number of hydrogen-bond donors (Lipinski definition) is 1. The highest BCUT2D eigenvalue weighted by molar-refractivity contribution is 6.46. The Labute approximate surface area is 199 Å². The summed E-state index contributed by atoms with van der Waals surface area (Å²) in [7, 11) is 1.57. The van der Waals surface area contributed by atoms with Gasteiger partial charge in [0, 0.05) is 12.1 Å². The van der Waals surface area contributed by atoms with Crippen molar-refractivity contribution in [2.45, 2.75) is 26.4 Å². The molecule has 0 radical (unpaired) electrons. The second-order valence-electron chi connectivity index (χ2n) is 8.14. The van der Waals surface area contributed by atoms with E-state index in [0.29, 0.717) is 23.5 Å². The largest absolute Gasteiger partial charge is 0.507 e. The number of carbonyl (C=O) groups is 2. The zero-order valence-electron chi connectivity index (χ0n) is 19.4. The smallest absolute Gasteiger partial charge is 0.295 e. The number of Topliss-reactive ketones (excluding diaryl/α,β-unsaturated/α-hetero) is 1. The summed E-state index contributed by atoms with van der Waals surface area (Å²) in [6.07, 6.45) is 0. The summed E-state index contributed by atoms with van der Waals surface area (Å²) in [5.41, 5.74) is 3.14. The highest BCUT2D eigenvalue weighted by Crippen LogP contribution is 2.40. The van der Waals surface area contributed by atoms with Crippen molar-refractivity contribution in [3.63, 3.8) is 0 Å². The molecule has 3 aromatic carbocycles. The van der Waals surface area contributed by atoms with Crippen LogP contribution in [0.2, 0.25) is 0 Å². The summed E-state index contributed by atoms with van der Waals surface area (Å²) >= 11 is 0. The van der Waals surface area contributed by atoms with Crippen molar-refractivity contribution < 1.29 is 24.2 Å². The standard InChI is InChI=1S/C28H27NO5/c1-4-34-23-13-7-19(8-14-23)17-29-25(20-11-15-22(33-3)16-12-20)24(27(31)28(29)32)26(30)21-9-5-18(2)6-10-21/h5-16,25,30H,4,17H2,1-3H3/b26-24-. The number of carbonyl (C=O) groups excluding carboxylic acids is 2. The Bertz CT molecular complexity index is 1210. The van der Waals surface area contributed by atoms with E-state index in [1.807, 2.05) is 62.4 Å². The maximum Gasteiger partial charge on any atom is 0.295 e. The molecule has 1 atom stereocenters. The Morgan fingerprint density at radius 1 is 0.912 bits per heavy atom. The molecule has 1 amide bonds. The Morgan fingerprint density at radius 2 is 1.53 bits per heavy atom. The molecule has 1 saturated heterocycles. The molecule has 6 nitrogen and oxygen atoms in total. The number of hydrogen-bond acceptors (Lipinski definition) is 5. The lowest BCUT2D eigenvalue weighted by Crippen LogP contribution is -2.29. The van der Waals surface area contributed by atoms with Crippen LogP contribution in [0.3, 0.4) is 0 Å². The zero-order chi connectivity index (χ0) is 24.2. The van der Waals surface area contributed by atoms with Crippen LogP contribution in [0.25, 0.3) is 5.76 Å².